The number of rotatable bonds is 10. The number of nitriles is 1. The first-order valence-corrected chi connectivity index (χ1v) is 11.8. The molecule has 1 heterocycles. The number of nitrogens with one attached hydrogen (secondary N) is 5. The van der Waals surface area contributed by atoms with E-state index in [0.717, 1.165) is 6.42 Å². The summed E-state index contributed by atoms with van der Waals surface area (Å²) in [6.07, 6.45) is 0.467. The molecule has 1 atom stereocenters. The van der Waals surface area contributed by atoms with Crippen LogP contribution in [-0.2, 0) is 9.53 Å². The van der Waals surface area contributed by atoms with Crippen molar-refractivity contribution in [3.63, 3.8) is 0 Å². The van der Waals surface area contributed by atoms with Gasteiger partial charge >= 0.3 is 6.09 Å². The molecule has 0 saturated carbocycles. The number of hydrogen-bond donors (Lipinski definition) is 5. The highest BCUT2D eigenvalue weighted by Gasteiger charge is 2.18. The summed E-state index contributed by atoms with van der Waals surface area (Å²) in [5.74, 6) is -0.391. The van der Waals surface area contributed by atoms with Gasteiger partial charge in [-0.05, 0) is 49.7 Å². The maximum Gasteiger partial charge on any atom is 0.407 e. The van der Waals surface area contributed by atoms with Crippen LogP contribution in [0.1, 0.15) is 36.2 Å². The Labute approximate surface area is 219 Å². The molecule has 12 nitrogen and oxygen atoms in total. The first kappa shape index (κ1) is 27.4. The maximum atomic E-state index is 13.1. The summed E-state index contributed by atoms with van der Waals surface area (Å²) in [7, 11) is 1.39. The number of nitrogens with zero attached hydrogens (tertiary/aromatic N) is 3. The molecular weight excluding hydrogens is 488 g/mol. The first-order valence-electron chi connectivity index (χ1n) is 11.8. The van der Waals surface area contributed by atoms with Gasteiger partial charge in [0, 0.05) is 36.9 Å². The third kappa shape index (κ3) is 7.66. The van der Waals surface area contributed by atoms with Crippen LogP contribution in [0.5, 0.6) is 0 Å². The van der Waals surface area contributed by atoms with Gasteiger partial charge in [-0.1, -0.05) is 19.1 Å². The van der Waals surface area contributed by atoms with E-state index in [9.17, 15) is 14.4 Å². The summed E-state index contributed by atoms with van der Waals surface area (Å²) in [5, 5.41) is 23.0. The summed E-state index contributed by atoms with van der Waals surface area (Å²) in [6, 6.07) is 15.5. The quantitative estimate of drug-likeness (QED) is 0.268. The fraction of sp³-hybridized carbons (Fsp3) is 0.231. The lowest BCUT2D eigenvalue weighted by atomic mass is 10.2. The summed E-state index contributed by atoms with van der Waals surface area (Å²) in [4.78, 5) is 45.5. The maximum absolute atomic E-state index is 13.1. The molecule has 12 heteroatoms. The molecule has 0 fully saturated rings. The Balaban J connectivity index is 1.74. The number of benzene rings is 2. The minimum Gasteiger partial charge on any atom is -0.436 e. The summed E-state index contributed by atoms with van der Waals surface area (Å²) in [5.41, 5.74) is 2.17. The van der Waals surface area contributed by atoms with Gasteiger partial charge in [0.25, 0.3) is 11.8 Å². The van der Waals surface area contributed by atoms with Crippen molar-refractivity contribution in [3.05, 3.63) is 65.9 Å². The average molecular weight is 517 g/mol. The number of carbonyl (C=O) groups excluding carboxylic acids is 3. The molecule has 2 aromatic carbocycles. The Morgan fingerprint density at radius 2 is 1.76 bits per heavy atom. The van der Waals surface area contributed by atoms with Crippen molar-refractivity contribution in [2.75, 3.05) is 34.9 Å². The van der Waals surface area contributed by atoms with Crippen LogP contribution in [0.2, 0.25) is 0 Å². The zero-order chi connectivity index (χ0) is 27.5. The van der Waals surface area contributed by atoms with Gasteiger partial charge in [0.05, 0.1) is 11.6 Å². The summed E-state index contributed by atoms with van der Waals surface area (Å²) < 4.78 is 4.92. The minimum absolute atomic E-state index is 0.219. The van der Waals surface area contributed by atoms with E-state index in [1.807, 2.05) is 6.92 Å². The van der Waals surface area contributed by atoms with Crippen LogP contribution in [0, 0.1) is 11.3 Å². The second kappa shape index (κ2) is 13.2. The molecule has 0 spiro atoms. The zero-order valence-corrected chi connectivity index (χ0v) is 21.2. The van der Waals surface area contributed by atoms with Crippen molar-refractivity contribution in [1.82, 2.24) is 15.3 Å². The standard InChI is InChI=1S/C26H28N8O4/c1-4-11-29-22-21(15-30-25(34-22)33-18-8-5-7-17(12-18)14-27)24(36)32-20-10-6-9-19(13-20)31-23(35)16(2)38-26(37)28-3/h5-10,12-13,15-16H,4,11H2,1-3H3,(H,28,37)(H,31,35)(H,32,36)(H2,29,30,33,34). The molecule has 0 aliphatic heterocycles. The van der Waals surface area contributed by atoms with Crippen LogP contribution in [0.3, 0.4) is 0 Å². The zero-order valence-electron chi connectivity index (χ0n) is 21.2. The third-order valence-electron chi connectivity index (χ3n) is 5.07. The highest BCUT2D eigenvalue weighted by Crippen LogP contribution is 2.21. The number of hydrogen-bond acceptors (Lipinski definition) is 9. The predicted molar refractivity (Wildman–Crippen MR) is 143 cm³/mol. The van der Waals surface area contributed by atoms with Crippen molar-refractivity contribution in [1.29, 1.82) is 5.26 Å². The van der Waals surface area contributed by atoms with Crippen molar-refractivity contribution in [3.8, 4) is 6.07 Å². The SMILES string of the molecule is CCCNc1nc(Nc2cccc(C#N)c2)ncc1C(=O)Nc1cccc(NC(=O)C(C)OC(=O)NC)c1. The van der Waals surface area contributed by atoms with Crippen LogP contribution < -0.4 is 26.6 Å². The van der Waals surface area contributed by atoms with Crippen molar-refractivity contribution in [2.45, 2.75) is 26.4 Å². The number of amides is 3. The lowest BCUT2D eigenvalue weighted by Gasteiger charge is -2.15. The molecule has 1 aromatic heterocycles. The van der Waals surface area contributed by atoms with E-state index in [0.29, 0.717) is 35.0 Å². The third-order valence-corrected chi connectivity index (χ3v) is 5.07. The van der Waals surface area contributed by atoms with Crippen LogP contribution in [0.4, 0.5) is 33.6 Å². The topological polar surface area (TPSA) is 170 Å². The van der Waals surface area contributed by atoms with E-state index in [4.69, 9.17) is 10.00 Å². The normalized spacial score (nSPS) is 10.9. The number of ether oxygens (including phenoxy) is 1. The second-order valence-corrected chi connectivity index (χ2v) is 8.02. The van der Waals surface area contributed by atoms with Gasteiger partial charge in [-0.15, -0.1) is 0 Å². The number of aromatic nitrogens is 2. The Kier molecular flexibility index (Phi) is 9.53. The molecule has 5 N–H and O–H groups in total. The van der Waals surface area contributed by atoms with Gasteiger partial charge in [0.2, 0.25) is 5.95 Å². The summed E-state index contributed by atoms with van der Waals surface area (Å²) >= 11 is 0. The summed E-state index contributed by atoms with van der Waals surface area (Å²) in [6.45, 7) is 4.01. The van der Waals surface area contributed by atoms with E-state index in [1.165, 1.54) is 20.2 Å². The molecule has 38 heavy (non-hydrogen) atoms. The first-order chi connectivity index (χ1) is 18.3. The molecule has 1 unspecified atom stereocenters. The molecule has 3 rings (SSSR count). The molecule has 3 amide bonds. The Hall–Kier alpha value is -5.18. The number of carbonyl (C=O) groups is 3. The van der Waals surface area contributed by atoms with Gasteiger partial charge < -0.3 is 31.3 Å². The lowest BCUT2D eigenvalue weighted by molar-refractivity contribution is -0.123. The van der Waals surface area contributed by atoms with Gasteiger partial charge in [0.15, 0.2) is 6.10 Å². The largest absolute Gasteiger partial charge is 0.436 e. The van der Waals surface area contributed by atoms with E-state index < -0.39 is 24.0 Å². The van der Waals surface area contributed by atoms with E-state index >= 15 is 0 Å². The van der Waals surface area contributed by atoms with E-state index in [-0.39, 0.29) is 11.5 Å². The highest BCUT2D eigenvalue weighted by atomic mass is 16.6. The smallest absolute Gasteiger partial charge is 0.407 e. The van der Waals surface area contributed by atoms with Crippen LogP contribution >= 0.6 is 0 Å². The average Bonchev–Trinajstić information content (AvgIpc) is 2.92. The second-order valence-electron chi connectivity index (χ2n) is 8.02. The molecule has 0 saturated heterocycles. The predicted octanol–water partition coefficient (Wildman–Crippen LogP) is 3.85. The van der Waals surface area contributed by atoms with Crippen LogP contribution in [-0.4, -0.2) is 47.6 Å². The molecule has 0 aliphatic rings. The Bertz CT molecular complexity index is 1360. The van der Waals surface area contributed by atoms with Gasteiger partial charge in [-0.3, -0.25) is 9.59 Å². The molecule has 0 radical (unpaired) electrons. The van der Waals surface area contributed by atoms with Gasteiger partial charge in [-0.25, -0.2) is 9.78 Å². The van der Waals surface area contributed by atoms with E-state index in [1.54, 1.807) is 48.5 Å². The molecule has 0 aliphatic carbocycles. The van der Waals surface area contributed by atoms with Crippen molar-refractivity contribution >= 4 is 46.7 Å². The van der Waals surface area contributed by atoms with Crippen molar-refractivity contribution in [2.24, 2.45) is 0 Å². The highest BCUT2D eigenvalue weighted by molar-refractivity contribution is 6.07. The Morgan fingerprint density at radius 3 is 2.47 bits per heavy atom. The molecule has 0 bridgehead atoms. The molecular formula is C26H28N8O4. The monoisotopic (exact) mass is 516 g/mol. The van der Waals surface area contributed by atoms with Gasteiger partial charge in [0.1, 0.15) is 11.4 Å². The van der Waals surface area contributed by atoms with Gasteiger partial charge in [-0.2, -0.15) is 10.2 Å². The minimum atomic E-state index is -1.02. The van der Waals surface area contributed by atoms with Crippen LogP contribution in [0.15, 0.2) is 54.7 Å². The number of anilines is 5. The molecule has 196 valence electrons. The van der Waals surface area contributed by atoms with Crippen LogP contribution in [0.25, 0.3) is 0 Å². The molecule has 3 aromatic rings. The lowest BCUT2D eigenvalue weighted by Crippen LogP contribution is -2.33. The van der Waals surface area contributed by atoms with E-state index in [2.05, 4.69) is 42.6 Å². The Morgan fingerprint density at radius 1 is 1.05 bits per heavy atom. The number of alkyl carbamates (subject to hydrolysis) is 1. The van der Waals surface area contributed by atoms with Crippen molar-refractivity contribution < 1.29 is 19.1 Å². The fourth-order valence-corrected chi connectivity index (χ4v) is 3.17. The fourth-order valence-electron chi connectivity index (χ4n) is 3.17.